The number of carbonyl (C=O) groups is 2. The zero-order valence-corrected chi connectivity index (χ0v) is 13.7. The van der Waals surface area contributed by atoms with Crippen molar-refractivity contribution in [3.63, 3.8) is 0 Å². The van der Waals surface area contributed by atoms with E-state index in [1.165, 1.54) is 32.6 Å². The molecule has 2 saturated carbocycles. The maximum Gasteiger partial charge on any atom is 0.244 e. The minimum atomic E-state index is -0.314. The second-order valence-corrected chi connectivity index (χ2v) is 7.30. The summed E-state index contributed by atoms with van der Waals surface area (Å²) in [5.41, 5.74) is -0.461. The van der Waals surface area contributed by atoms with Crippen molar-refractivity contribution in [1.82, 2.24) is 15.5 Å². The first kappa shape index (κ1) is 15.8. The van der Waals surface area contributed by atoms with Gasteiger partial charge in [-0.05, 0) is 38.5 Å². The van der Waals surface area contributed by atoms with Crippen LogP contribution in [0.4, 0.5) is 0 Å². The summed E-state index contributed by atoms with van der Waals surface area (Å²) >= 11 is 0. The normalized spacial score (nSPS) is 26.6. The Morgan fingerprint density at radius 2 is 1.68 bits per heavy atom. The van der Waals surface area contributed by atoms with E-state index in [1.54, 1.807) is 0 Å². The summed E-state index contributed by atoms with van der Waals surface area (Å²) in [5, 5.41) is 6.67. The Hall–Kier alpha value is -1.10. The van der Waals surface area contributed by atoms with Gasteiger partial charge in [-0.15, -0.1) is 0 Å². The van der Waals surface area contributed by atoms with E-state index in [-0.39, 0.29) is 17.1 Å². The van der Waals surface area contributed by atoms with Gasteiger partial charge in [-0.25, -0.2) is 0 Å². The zero-order chi connectivity index (χ0) is 15.6. The summed E-state index contributed by atoms with van der Waals surface area (Å²) in [7, 11) is 0. The molecule has 0 atom stereocenters. The van der Waals surface area contributed by atoms with Gasteiger partial charge < -0.3 is 10.2 Å². The summed E-state index contributed by atoms with van der Waals surface area (Å²) < 4.78 is 0. The summed E-state index contributed by atoms with van der Waals surface area (Å²) in [4.78, 5) is 26.4. The third-order valence-electron chi connectivity index (χ3n) is 5.74. The van der Waals surface area contributed by atoms with Crippen LogP contribution in [0, 0.1) is 0 Å². The number of carbonyl (C=O) groups excluding carboxylic acids is 2. The van der Waals surface area contributed by atoms with Crippen molar-refractivity contribution in [2.75, 3.05) is 13.1 Å². The maximum atomic E-state index is 13.2. The minimum absolute atomic E-state index is 0.0234. The number of hydrogen-bond donors (Lipinski definition) is 2. The van der Waals surface area contributed by atoms with Gasteiger partial charge in [0.1, 0.15) is 0 Å². The third-order valence-corrected chi connectivity index (χ3v) is 5.74. The van der Waals surface area contributed by atoms with E-state index in [9.17, 15) is 9.59 Å². The molecule has 2 aliphatic carbocycles. The Kier molecular flexibility index (Phi) is 4.44. The number of nitrogens with one attached hydrogen (secondary N) is 2. The van der Waals surface area contributed by atoms with Gasteiger partial charge in [0.05, 0.1) is 11.2 Å². The Labute approximate surface area is 133 Å². The summed E-state index contributed by atoms with van der Waals surface area (Å²) in [6.45, 7) is 2.72. The van der Waals surface area contributed by atoms with Gasteiger partial charge in [0, 0.05) is 20.0 Å². The Morgan fingerprint density at radius 3 is 2.27 bits per heavy atom. The molecule has 3 rings (SSSR count). The monoisotopic (exact) mass is 307 g/mol. The van der Waals surface area contributed by atoms with Crippen molar-refractivity contribution >= 4 is 11.8 Å². The Morgan fingerprint density at radius 1 is 1.09 bits per heavy atom. The molecule has 2 spiro atoms. The van der Waals surface area contributed by atoms with Crippen molar-refractivity contribution in [2.24, 2.45) is 0 Å². The highest BCUT2D eigenvalue weighted by Crippen LogP contribution is 2.44. The van der Waals surface area contributed by atoms with Crippen molar-refractivity contribution in [3.8, 4) is 0 Å². The first-order valence-corrected chi connectivity index (χ1v) is 8.94. The molecule has 124 valence electrons. The van der Waals surface area contributed by atoms with E-state index in [2.05, 4.69) is 15.5 Å². The molecular weight excluding hydrogens is 278 g/mol. The van der Waals surface area contributed by atoms with Crippen LogP contribution in [-0.4, -0.2) is 41.0 Å². The van der Waals surface area contributed by atoms with Gasteiger partial charge >= 0.3 is 0 Å². The second-order valence-electron chi connectivity index (χ2n) is 7.30. The highest BCUT2D eigenvalue weighted by molar-refractivity contribution is 5.90. The molecule has 0 aromatic rings. The molecule has 2 amide bonds. The van der Waals surface area contributed by atoms with E-state index in [4.69, 9.17) is 0 Å². The SMILES string of the molecule is CC(=O)NCCN1C(=O)C2(CCCCC2)NC12CCCCC2. The highest BCUT2D eigenvalue weighted by atomic mass is 16.2. The number of nitrogens with zero attached hydrogens (tertiary/aromatic N) is 1. The topological polar surface area (TPSA) is 61.4 Å². The second kappa shape index (κ2) is 6.19. The predicted molar refractivity (Wildman–Crippen MR) is 85.2 cm³/mol. The largest absolute Gasteiger partial charge is 0.355 e. The Balaban J connectivity index is 1.79. The third kappa shape index (κ3) is 2.75. The maximum absolute atomic E-state index is 13.2. The van der Waals surface area contributed by atoms with Gasteiger partial charge in [-0.3, -0.25) is 14.9 Å². The molecule has 5 heteroatoms. The van der Waals surface area contributed by atoms with Crippen molar-refractivity contribution in [3.05, 3.63) is 0 Å². The van der Waals surface area contributed by atoms with E-state index < -0.39 is 0 Å². The van der Waals surface area contributed by atoms with Crippen LogP contribution in [-0.2, 0) is 9.59 Å². The molecule has 1 heterocycles. The molecule has 2 N–H and O–H groups in total. The van der Waals surface area contributed by atoms with Crippen LogP contribution in [0.15, 0.2) is 0 Å². The standard InChI is InChI=1S/C17H29N3O2/c1-14(21)18-12-13-20-15(22)16(8-4-2-5-9-16)19-17(20)10-6-3-7-11-17/h19H,2-13H2,1H3,(H,18,21). The first-order valence-electron chi connectivity index (χ1n) is 8.94. The lowest BCUT2D eigenvalue weighted by Gasteiger charge is -2.42. The van der Waals surface area contributed by atoms with Crippen LogP contribution in [0.25, 0.3) is 0 Å². The van der Waals surface area contributed by atoms with E-state index in [1.807, 2.05) is 0 Å². The van der Waals surface area contributed by atoms with Crippen LogP contribution in [0.1, 0.15) is 71.1 Å². The van der Waals surface area contributed by atoms with E-state index in [0.29, 0.717) is 19.0 Å². The molecule has 1 aliphatic heterocycles. The van der Waals surface area contributed by atoms with Crippen molar-refractivity contribution in [1.29, 1.82) is 0 Å². The van der Waals surface area contributed by atoms with Gasteiger partial charge in [-0.2, -0.15) is 0 Å². The van der Waals surface area contributed by atoms with Gasteiger partial charge in [-0.1, -0.05) is 25.7 Å². The first-order chi connectivity index (χ1) is 10.6. The molecule has 0 unspecified atom stereocenters. The average Bonchev–Trinajstić information content (AvgIpc) is 2.71. The fourth-order valence-electron chi connectivity index (χ4n) is 4.70. The highest BCUT2D eigenvalue weighted by Gasteiger charge is 2.58. The fraction of sp³-hybridized carbons (Fsp3) is 0.882. The number of amides is 2. The molecular formula is C17H29N3O2. The molecule has 22 heavy (non-hydrogen) atoms. The van der Waals surface area contributed by atoms with Gasteiger partial charge in [0.2, 0.25) is 11.8 Å². The lowest BCUT2D eigenvalue weighted by molar-refractivity contribution is -0.136. The Bertz CT molecular complexity index is 437. The minimum Gasteiger partial charge on any atom is -0.355 e. The molecule has 3 fully saturated rings. The van der Waals surface area contributed by atoms with Crippen LogP contribution in [0.5, 0.6) is 0 Å². The van der Waals surface area contributed by atoms with Crippen LogP contribution in [0.3, 0.4) is 0 Å². The van der Waals surface area contributed by atoms with Crippen molar-refractivity contribution in [2.45, 2.75) is 82.3 Å². The van der Waals surface area contributed by atoms with E-state index >= 15 is 0 Å². The van der Waals surface area contributed by atoms with Crippen LogP contribution in [0.2, 0.25) is 0 Å². The zero-order valence-electron chi connectivity index (χ0n) is 13.7. The predicted octanol–water partition coefficient (Wildman–Crippen LogP) is 1.92. The molecule has 0 aromatic heterocycles. The van der Waals surface area contributed by atoms with Crippen LogP contribution < -0.4 is 10.6 Å². The number of rotatable bonds is 3. The smallest absolute Gasteiger partial charge is 0.244 e. The fourth-order valence-corrected chi connectivity index (χ4v) is 4.70. The van der Waals surface area contributed by atoms with Gasteiger partial charge in [0.25, 0.3) is 0 Å². The lowest BCUT2D eigenvalue weighted by Crippen LogP contribution is -2.57. The number of hydrogen-bond acceptors (Lipinski definition) is 3. The molecule has 1 saturated heterocycles. The van der Waals surface area contributed by atoms with Crippen molar-refractivity contribution < 1.29 is 9.59 Å². The lowest BCUT2D eigenvalue weighted by atomic mass is 9.81. The molecule has 0 bridgehead atoms. The quantitative estimate of drug-likeness (QED) is 0.837. The summed E-state index contributed by atoms with van der Waals surface area (Å²) in [6.07, 6.45) is 11.2. The average molecular weight is 307 g/mol. The molecule has 0 radical (unpaired) electrons. The molecule has 5 nitrogen and oxygen atoms in total. The molecule has 3 aliphatic rings. The summed E-state index contributed by atoms with van der Waals surface area (Å²) in [6, 6.07) is 0. The van der Waals surface area contributed by atoms with Gasteiger partial charge in [0.15, 0.2) is 0 Å². The van der Waals surface area contributed by atoms with Crippen LogP contribution >= 0.6 is 0 Å². The summed E-state index contributed by atoms with van der Waals surface area (Å²) in [5.74, 6) is 0.268. The van der Waals surface area contributed by atoms with E-state index in [0.717, 1.165) is 38.5 Å². The molecule has 0 aromatic carbocycles.